The highest BCUT2D eigenvalue weighted by Gasteiger charge is 2.37. The lowest BCUT2D eigenvalue weighted by Crippen LogP contribution is -2.42. The first-order valence-corrected chi connectivity index (χ1v) is 9.73. The number of halogens is 2. The van der Waals surface area contributed by atoms with E-state index in [0.29, 0.717) is 6.07 Å². The number of imide groups is 1. The molecule has 0 saturated carbocycles. The van der Waals surface area contributed by atoms with Crippen LogP contribution < -0.4 is 0 Å². The third kappa shape index (κ3) is 3.90. The fraction of sp³-hybridized carbons (Fsp3) is 0.273. The Morgan fingerprint density at radius 2 is 1.58 bits per heavy atom. The number of carbonyl (C=O) groups excluding carboxylic acids is 4. The van der Waals surface area contributed by atoms with Gasteiger partial charge in [0.1, 0.15) is 11.6 Å². The van der Waals surface area contributed by atoms with E-state index in [1.165, 1.54) is 17.0 Å². The lowest BCUT2D eigenvalue weighted by Gasteiger charge is -2.31. The summed E-state index contributed by atoms with van der Waals surface area (Å²) in [5.41, 5.74) is 0.305. The van der Waals surface area contributed by atoms with Crippen LogP contribution in [-0.4, -0.2) is 53.3 Å². The van der Waals surface area contributed by atoms with Crippen molar-refractivity contribution in [3.8, 4) is 0 Å². The van der Waals surface area contributed by atoms with Crippen LogP contribution in [0.3, 0.4) is 0 Å². The van der Waals surface area contributed by atoms with Crippen molar-refractivity contribution in [2.75, 3.05) is 19.8 Å². The summed E-state index contributed by atoms with van der Waals surface area (Å²) >= 11 is 0. The number of piperidine rings is 1. The summed E-state index contributed by atoms with van der Waals surface area (Å²) in [5, 5.41) is 0. The van der Waals surface area contributed by atoms with Gasteiger partial charge in [-0.25, -0.2) is 13.7 Å². The number of rotatable bonds is 4. The molecule has 2 aromatic rings. The van der Waals surface area contributed by atoms with E-state index < -0.39 is 48.0 Å². The number of nitrogens with zero attached hydrogens (tertiary/aromatic N) is 2. The lowest BCUT2D eigenvalue weighted by atomic mass is 9.96. The average Bonchev–Trinajstić information content (AvgIpc) is 3.02. The quantitative estimate of drug-likeness (QED) is 0.552. The summed E-state index contributed by atoms with van der Waals surface area (Å²) in [5.74, 6) is -4.41. The minimum Gasteiger partial charge on any atom is -0.443 e. The van der Waals surface area contributed by atoms with Crippen LogP contribution in [0.2, 0.25) is 0 Å². The summed E-state index contributed by atoms with van der Waals surface area (Å²) in [6.45, 7) is -0.0873. The number of carbonyl (C=O) groups is 4. The Morgan fingerprint density at radius 1 is 0.968 bits per heavy atom. The maximum atomic E-state index is 13.8. The fourth-order valence-corrected chi connectivity index (χ4v) is 3.75. The Kier molecular flexibility index (Phi) is 5.50. The molecule has 4 rings (SSSR count). The second-order valence-corrected chi connectivity index (χ2v) is 7.37. The van der Waals surface area contributed by atoms with Gasteiger partial charge < -0.3 is 9.64 Å². The van der Waals surface area contributed by atoms with Gasteiger partial charge in [-0.3, -0.25) is 19.2 Å². The topological polar surface area (TPSA) is 84.0 Å². The number of benzene rings is 2. The van der Waals surface area contributed by atoms with E-state index in [-0.39, 0.29) is 42.6 Å². The number of likely N-dealkylation sites (tertiary alicyclic amines) is 1. The molecule has 9 heteroatoms. The Balaban J connectivity index is 1.30. The average molecular weight is 428 g/mol. The summed E-state index contributed by atoms with van der Waals surface area (Å²) in [7, 11) is 0. The molecule has 3 amide bonds. The van der Waals surface area contributed by atoms with Crippen molar-refractivity contribution in [2.24, 2.45) is 5.92 Å². The van der Waals surface area contributed by atoms with E-state index >= 15 is 0 Å². The predicted octanol–water partition coefficient (Wildman–Crippen LogP) is 2.61. The fourth-order valence-electron chi connectivity index (χ4n) is 3.75. The predicted molar refractivity (Wildman–Crippen MR) is 103 cm³/mol. The first kappa shape index (κ1) is 20.6. The molecule has 2 aliphatic heterocycles. The zero-order valence-electron chi connectivity index (χ0n) is 16.3. The van der Waals surface area contributed by atoms with Crippen LogP contribution in [0.4, 0.5) is 8.78 Å². The third-order valence-corrected chi connectivity index (χ3v) is 5.49. The number of amides is 3. The molecule has 1 saturated heterocycles. The van der Waals surface area contributed by atoms with Crippen molar-refractivity contribution in [3.05, 3.63) is 70.8 Å². The summed E-state index contributed by atoms with van der Waals surface area (Å²) < 4.78 is 32.1. The van der Waals surface area contributed by atoms with E-state index in [4.69, 9.17) is 4.74 Å². The lowest BCUT2D eigenvalue weighted by molar-refractivity contribution is -0.152. The van der Waals surface area contributed by atoms with Gasteiger partial charge in [-0.05, 0) is 37.1 Å². The zero-order valence-corrected chi connectivity index (χ0v) is 16.3. The van der Waals surface area contributed by atoms with E-state index in [9.17, 15) is 28.0 Å². The minimum absolute atomic E-state index is 0.197. The number of hydrogen-bond acceptors (Lipinski definition) is 5. The first-order chi connectivity index (χ1) is 14.9. The summed E-state index contributed by atoms with van der Waals surface area (Å²) in [6, 6.07) is 9.12. The highest BCUT2D eigenvalue weighted by molar-refractivity contribution is 6.21. The molecule has 0 unspecified atom stereocenters. The van der Waals surface area contributed by atoms with Crippen molar-refractivity contribution in [1.82, 2.24) is 9.80 Å². The summed E-state index contributed by atoms with van der Waals surface area (Å²) in [6.07, 6.45) is 0.574. The molecule has 2 heterocycles. The standard InChI is InChI=1S/C22H18F2N2O5/c23-14-5-6-17(18(24)11-14)19(27)25-9-7-13(8-10-25)22(30)31-12-26-20(28)15-3-1-2-4-16(15)21(26)29/h1-6,11,13H,7-10,12H2. The van der Waals surface area contributed by atoms with Crippen LogP contribution >= 0.6 is 0 Å². The molecule has 160 valence electrons. The Bertz CT molecular complexity index is 1040. The molecule has 1 fully saturated rings. The van der Waals surface area contributed by atoms with Crippen LogP contribution in [-0.2, 0) is 9.53 Å². The molecule has 0 aliphatic carbocycles. The van der Waals surface area contributed by atoms with Gasteiger partial charge in [0, 0.05) is 19.2 Å². The van der Waals surface area contributed by atoms with Crippen LogP contribution in [0.25, 0.3) is 0 Å². The van der Waals surface area contributed by atoms with Crippen LogP contribution in [0, 0.1) is 17.6 Å². The van der Waals surface area contributed by atoms with Gasteiger partial charge in [-0.2, -0.15) is 0 Å². The van der Waals surface area contributed by atoms with Crippen molar-refractivity contribution in [1.29, 1.82) is 0 Å². The van der Waals surface area contributed by atoms with Crippen LogP contribution in [0.5, 0.6) is 0 Å². The highest BCUT2D eigenvalue weighted by atomic mass is 19.1. The summed E-state index contributed by atoms with van der Waals surface area (Å²) in [4.78, 5) is 51.7. The van der Waals surface area contributed by atoms with Crippen molar-refractivity contribution >= 4 is 23.7 Å². The largest absolute Gasteiger partial charge is 0.443 e. The molecule has 31 heavy (non-hydrogen) atoms. The number of fused-ring (bicyclic) bond motifs is 1. The first-order valence-electron chi connectivity index (χ1n) is 9.73. The smallest absolute Gasteiger partial charge is 0.310 e. The molecular weight excluding hydrogens is 410 g/mol. The van der Waals surface area contributed by atoms with Crippen molar-refractivity contribution < 1.29 is 32.7 Å². The molecule has 0 atom stereocenters. The van der Waals surface area contributed by atoms with Gasteiger partial charge in [0.05, 0.1) is 22.6 Å². The highest BCUT2D eigenvalue weighted by Crippen LogP contribution is 2.24. The van der Waals surface area contributed by atoms with Crippen molar-refractivity contribution in [3.63, 3.8) is 0 Å². The maximum Gasteiger partial charge on any atom is 0.310 e. The molecule has 0 aromatic heterocycles. The molecule has 0 radical (unpaired) electrons. The minimum atomic E-state index is -0.938. The van der Waals surface area contributed by atoms with Gasteiger partial charge in [0.25, 0.3) is 17.7 Å². The van der Waals surface area contributed by atoms with E-state index in [0.717, 1.165) is 17.0 Å². The zero-order chi connectivity index (χ0) is 22.1. The van der Waals surface area contributed by atoms with E-state index in [2.05, 4.69) is 0 Å². The van der Waals surface area contributed by atoms with Gasteiger partial charge >= 0.3 is 5.97 Å². The molecule has 0 N–H and O–H groups in total. The molecule has 0 spiro atoms. The second-order valence-electron chi connectivity index (χ2n) is 7.37. The van der Waals surface area contributed by atoms with E-state index in [1.807, 2.05) is 0 Å². The van der Waals surface area contributed by atoms with Crippen LogP contribution in [0.15, 0.2) is 42.5 Å². The normalized spacial score (nSPS) is 16.5. The number of hydrogen-bond donors (Lipinski definition) is 0. The van der Waals surface area contributed by atoms with Gasteiger partial charge in [0.2, 0.25) is 0 Å². The Morgan fingerprint density at radius 3 is 2.16 bits per heavy atom. The number of ether oxygens (including phenoxy) is 1. The van der Waals surface area contributed by atoms with Gasteiger partial charge in [-0.15, -0.1) is 0 Å². The Labute approximate surface area is 176 Å². The molecule has 0 bridgehead atoms. The third-order valence-electron chi connectivity index (χ3n) is 5.49. The van der Waals surface area contributed by atoms with Crippen molar-refractivity contribution in [2.45, 2.75) is 12.8 Å². The SMILES string of the molecule is O=C(OCN1C(=O)c2ccccc2C1=O)C1CCN(C(=O)c2ccc(F)cc2F)CC1. The second kappa shape index (κ2) is 8.25. The molecule has 7 nitrogen and oxygen atoms in total. The maximum absolute atomic E-state index is 13.8. The van der Waals surface area contributed by atoms with Crippen LogP contribution in [0.1, 0.15) is 43.9 Å². The van der Waals surface area contributed by atoms with Gasteiger partial charge in [0.15, 0.2) is 6.73 Å². The Hall–Kier alpha value is -3.62. The monoisotopic (exact) mass is 428 g/mol. The van der Waals surface area contributed by atoms with E-state index in [1.54, 1.807) is 12.1 Å². The number of esters is 1. The van der Waals surface area contributed by atoms with Gasteiger partial charge in [-0.1, -0.05) is 12.1 Å². The molecule has 2 aromatic carbocycles. The molecule has 2 aliphatic rings. The molecular formula is C22H18F2N2O5.